The van der Waals surface area contributed by atoms with Crippen molar-refractivity contribution in [2.24, 2.45) is 5.73 Å². The Balaban J connectivity index is 2.62. The van der Waals surface area contributed by atoms with Gasteiger partial charge in [0.2, 0.25) is 5.91 Å². The first-order chi connectivity index (χ1) is 8.43. The zero-order chi connectivity index (χ0) is 13.8. The molecule has 18 heavy (non-hydrogen) atoms. The lowest BCUT2D eigenvalue weighted by Gasteiger charge is -2.39. The highest BCUT2D eigenvalue weighted by molar-refractivity contribution is 5.77. The van der Waals surface area contributed by atoms with Gasteiger partial charge in [-0.3, -0.25) is 4.79 Å². The van der Waals surface area contributed by atoms with Gasteiger partial charge in [-0.05, 0) is 26.7 Å². The number of methoxy groups -OCH3 is 2. The molecule has 0 aliphatic carbocycles. The van der Waals surface area contributed by atoms with E-state index >= 15 is 0 Å². The SMILES string of the molecule is COC1CCN(C(=O)CC(C)(C)OC)C(CN)C1. The number of hydrogen-bond acceptors (Lipinski definition) is 4. The average Bonchev–Trinajstić information content (AvgIpc) is 2.37. The van der Waals surface area contributed by atoms with Gasteiger partial charge in [0.15, 0.2) is 0 Å². The molecule has 0 aromatic carbocycles. The molecule has 0 saturated carbocycles. The molecule has 2 atom stereocenters. The van der Waals surface area contributed by atoms with E-state index in [1.807, 2.05) is 18.7 Å². The van der Waals surface area contributed by atoms with Gasteiger partial charge in [0.25, 0.3) is 0 Å². The number of likely N-dealkylation sites (tertiary alicyclic amines) is 1. The van der Waals surface area contributed by atoms with E-state index < -0.39 is 5.60 Å². The molecule has 106 valence electrons. The fourth-order valence-corrected chi connectivity index (χ4v) is 2.32. The van der Waals surface area contributed by atoms with Gasteiger partial charge in [0, 0.05) is 33.4 Å². The predicted molar refractivity (Wildman–Crippen MR) is 70.3 cm³/mol. The summed E-state index contributed by atoms with van der Waals surface area (Å²) in [5, 5.41) is 0. The molecule has 1 aliphatic rings. The highest BCUT2D eigenvalue weighted by Gasteiger charge is 2.33. The summed E-state index contributed by atoms with van der Waals surface area (Å²) in [7, 11) is 3.34. The normalized spacial score (nSPS) is 25.3. The molecule has 0 aromatic heterocycles. The predicted octanol–water partition coefficient (Wildman–Crippen LogP) is 0.766. The minimum Gasteiger partial charge on any atom is -0.381 e. The molecule has 0 aromatic rings. The summed E-state index contributed by atoms with van der Waals surface area (Å²) in [5.41, 5.74) is 5.34. The topological polar surface area (TPSA) is 64.8 Å². The number of nitrogens with zero attached hydrogens (tertiary/aromatic N) is 1. The largest absolute Gasteiger partial charge is 0.381 e. The van der Waals surface area contributed by atoms with E-state index in [2.05, 4.69) is 0 Å². The van der Waals surface area contributed by atoms with Gasteiger partial charge in [0.05, 0.1) is 18.1 Å². The number of carbonyl (C=O) groups is 1. The fourth-order valence-electron chi connectivity index (χ4n) is 2.32. The second kappa shape index (κ2) is 6.50. The van der Waals surface area contributed by atoms with Crippen LogP contribution in [0.5, 0.6) is 0 Å². The number of piperidine rings is 1. The summed E-state index contributed by atoms with van der Waals surface area (Å²) in [6.45, 7) is 5.05. The Kier molecular flexibility index (Phi) is 5.56. The van der Waals surface area contributed by atoms with Gasteiger partial charge in [-0.15, -0.1) is 0 Å². The van der Waals surface area contributed by atoms with E-state index in [0.717, 1.165) is 19.4 Å². The van der Waals surface area contributed by atoms with Crippen molar-refractivity contribution in [1.29, 1.82) is 0 Å². The Morgan fingerprint density at radius 1 is 1.44 bits per heavy atom. The quantitative estimate of drug-likeness (QED) is 0.791. The second-order valence-corrected chi connectivity index (χ2v) is 5.50. The van der Waals surface area contributed by atoms with Gasteiger partial charge in [0.1, 0.15) is 0 Å². The maximum atomic E-state index is 12.3. The summed E-state index contributed by atoms with van der Waals surface area (Å²) in [4.78, 5) is 14.2. The summed E-state index contributed by atoms with van der Waals surface area (Å²) in [6.07, 6.45) is 2.31. The summed E-state index contributed by atoms with van der Waals surface area (Å²) < 4.78 is 10.7. The maximum Gasteiger partial charge on any atom is 0.225 e. The van der Waals surface area contributed by atoms with Crippen LogP contribution in [0.2, 0.25) is 0 Å². The van der Waals surface area contributed by atoms with Crippen LogP contribution in [0.1, 0.15) is 33.1 Å². The van der Waals surface area contributed by atoms with Gasteiger partial charge in [-0.2, -0.15) is 0 Å². The maximum absolute atomic E-state index is 12.3. The van der Waals surface area contributed by atoms with Crippen LogP contribution in [-0.2, 0) is 14.3 Å². The Morgan fingerprint density at radius 3 is 2.61 bits per heavy atom. The Morgan fingerprint density at radius 2 is 2.11 bits per heavy atom. The van der Waals surface area contributed by atoms with Crippen LogP contribution in [0.25, 0.3) is 0 Å². The Labute approximate surface area is 110 Å². The molecule has 1 fully saturated rings. The van der Waals surface area contributed by atoms with E-state index in [4.69, 9.17) is 15.2 Å². The van der Waals surface area contributed by atoms with E-state index in [1.165, 1.54) is 0 Å². The number of amides is 1. The summed E-state index contributed by atoms with van der Waals surface area (Å²) in [6, 6.07) is 0.0869. The number of nitrogens with two attached hydrogens (primary N) is 1. The highest BCUT2D eigenvalue weighted by atomic mass is 16.5. The number of hydrogen-bond donors (Lipinski definition) is 1. The van der Waals surface area contributed by atoms with Crippen molar-refractivity contribution in [3.05, 3.63) is 0 Å². The van der Waals surface area contributed by atoms with Crippen LogP contribution in [0.15, 0.2) is 0 Å². The molecule has 1 rings (SSSR count). The van der Waals surface area contributed by atoms with Crippen molar-refractivity contribution in [2.75, 3.05) is 27.3 Å². The van der Waals surface area contributed by atoms with E-state index in [9.17, 15) is 4.79 Å². The van der Waals surface area contributed by atoms with Crippen LogP contribution in [0.3, 0.4) is 0 Å². The smallest absolute Gasteiger partial charge is 0.225 e. The van der Waals surface area contributed by atoms with Crippen molar-refractivity contribution >= 4 is 5.91 Å². The highest BCUT2D eigenvalue weighted by Crippen LogP contribution is 2.22. The molecule has 1 amide bonds. The molecule has 0 bridgehead atoms. The lowest BCUT2D eigenvalue weighted by atomic mass is 9.96. The third kappa shape index (κ3) is 3.93. The molecule has 2 N–H and O–H groups in total. The van der Waals surface area contributed by atoms with Crippen LogP contribution < -0.4 is 5.73 Å². The van der Waals surface area contributed by atoms with Gasteiger partial charge in [-0.1, -0.05) is 0 Å². The summed E-state index contributed by atoms with van der Waals surface area (Å²) >= 11 is 0. The minimum atomic E-state index is -0.422. The van der Waals surface area contributed by atoms with Crippen LogP contribution in [0.4, 0.5) is 0 Å². The standard InChI is InChI=1S/C13H26N2O3/c1-13(2,18-4)8-12(16)15-6-5-11(17-3)7-10(15)9-14/h10-11H,5-9,14H2,1-4H3. The molecule has 5 nitrogen and oxygen atoms in total. The van der Waals surface area contributed by atoms with Crippen LogP contribution in [0, 0.1) is 0 Å². The fraction of sp³-hybridized carbons (Fsp3) is 0.923. The first kappa shape index (κ1) is 15.4. The van der Waals surface area contributed by atoms with Crippen molar-refractivity contribution in [1.82, 2.24) is 4.90 Å². The van der Waals surface area contributed by atoms with Gasteiger partial charge >= 0.3 is 0 Å². The first-order valence-corrected chi connectivity index (χ1v) is 6.51. The number of ether oxygens (including phenoxy) is 2. The molecule has 1 heterocycles. The van der Waals surface area contributed by atoms with Crippen molar-refractivity contribution in [2.45, 2.75) is 50.9 Å². The molecule has 2 unspecified atom stereocenters. The summed E-state index contributed by atoms with van der Waals surface area (Å²) in [5.74, 6) is 0.117. The average molecular weight is 258 g/mol. The molecule has 0 spiro atoms. The third-order valence-electron chi connectivity index (χ3n) is 3.72. The lowest BCUT2D eigenvalue weighted by molar-refractivity contribution is -0.142. The minimum absolute atomic E-state index is 0.0869. The number of carbonyl (C=O) groups excluding carboxylic acids is 1. The molecular weight excluding hydrogens is 232 g/mol. The van der Waals surface area contributed by atoms with Crippen molar-refractivity contribution in [3.8, 4) is 0 Å². The van der Waals surface area contributed by atoms with E-state index in [0.29, 0.717) is 13.0 Å². The van der Waals surface area contributed by atoms with Crippen LogP contribution >= 0.6 is 0 Å². The van der Waals surface area contributed by atoms with E-state index in [1.54, 1.807) is 14.2 Å². The monoisotopic (exact) mass is 258 g/mol. The second-order valence-electron chi connectivity index (χ2n) is 5.50. The molecule has 0 radical (unpaired) electrons. The molecular formula is C13H26N2O3. The Hall–Kier alpha value is -0.650. The number of rotatable bonds is 5. The zero-order valence-electron chi connectivity index (χ0n) is 11.9. The molecule has 1 saturated heterocycles. The van der Waals surface area contributed by atoms with Gasteiger partial charge in [-0.25, -0.2) is 0 Å². The molecule has 5 heteroatoms. The van der Waals surface area contributed by atoms with Crippen LogP contribution in [-0.4, -0.2) is 55.9 Å². The van der Waals surface area contributed by atoms with Crippen molar-refractivity contribution in [3.63, 3.8) is 0 Å². The first-order valence-electron chi connectivity index (χ1n) is 6.51. The Bertz CT molecular complexity index is 281. The molecule has 1 aliphatic heterocycles. The zero-order valence-corrected chi connectivity index (χ0v) is 11.9. The lowest BCUT2D eigenvalue weighted by Crippen LogP contribution is -2.52. The van der Waals surface area contributed by atoms with E-state index in [-0.39, 0.29) is 18.1 Å². The van der Waals surface area contributed by atoms with Gasteiger partial charge < -0.3 is 20.1 Å². The third-order valence-corrected chi connectivity index (χ3v) is 3.72. The van der Waals surface area contributed by atoms with Crippen molar-refractivity contribution < 1.29 is 14.3 Å².